The van der Waals surface area contributed by atoms with Crippen LogP contribution in [-0.2, 0) is 16.0 Å². The fourth-order valence-corrected chi connectivity index (χ4v) is 3.04. The number of rotatable bonds is 7. The van der Waals surface area contributed by atoms with Crippen LogP contribution in [0, 0.1) is 0 Å². The third-order valence-corrected chi connectivity index (χ3v) is 4.17. The van der Waals surface area contributed by atoms with Gasteiger partial charge in [0.25, 0.3) is 0 Å². The van der Waals surface area contributed by atoms with E-state index in [9.17, 15) is 18.4 Å². The van der Waals surface area contributed by atoms with Gasteiger partial charge in [0.05, 0.1) is 6.42 Å². The molecule has 1 amide bonds. The van der Waals surface area contributed by atoms with Crippen LogP contribution in [0.1, 0.15) is 37.7 Å². The summed E-state index contributed by atoms with van der Waals surface area (Å²) in [4.78, 5) is 25.0. The van der Waals surface area contributed by atoms with Gasteiger partial charge in [0.2, 0.25) is 5.91 Å². The molecule has 1 atom stereocenters. The molecule has 1 aliphatic rings. The molecule has 24 heavy (non-hydrogen) atoms. The molecule has 5 nitrogen and oxygen atoms in total. The highest BCUT2D eigenvalue weighted by molar-refractivity contribution is 5.80. The molecule has 1 saturated heterocycles. The predicted molar refractivity (Wildman–Crippen MR) is 83.0 cm³/mol. The first-order chi connectivity index (χ1) is 11.5. The van der Waals surface area contributed by atoms with Gasteiger partial charge in [-0.15, -0.1) is 0 Å². The van der Waals surface area contributed by atoms with E-state index in [1.54, 1.807) is 23.1 Å². The zero-order chi connectivity index (χ0) is 17.5. The number of ether oxygens (including phenoxy) is 1. The normalized spacial score (nSPS) is 17.8. The summed E-state index contributed by atoms with van der Waals surface area (Å²) in [5.41, 5.74) is 0.408. The molecule has 0 aliphatic carbocycles. The summed E-state index contributed by atoms with van der Waals surface area (Å²) >= 11 is 0. The summed E-state index contributed by atoms with van der Waals surface area (Å²) in [7, 11) is 0. The van der Waals surface area contributed by atoms with Crippen molar-refractivity contribution in [2.24, 2.45) is 0 Å². The van der Waals surface area contributed by atoms with Crippen molar-refractivity contribution in [3.8, 4) is 5.75 Å². The number of carboxylic acids is 1. The smallest absolute Gasteiger partial charge is 0.387 e. The quantitative estimate of drug-likeness (QED) is 0.828. The second-order valence-electron chi connectivity index (χ2n) is 5.83. The SMILES string of the molecule is O=C(O)CCC1CCCCN1C(=O)Cc1ccccc1OC(F)F. The van der Waals surface area contributed by atoms with E-state index in [-0.39, 0.29) is 30.5 Å². The molecule has 132 valence electrons. The highest BCUT2D eigenvalue weighted by Crippen LogP contribution is 2.25. The number of carbonyl (C=O) groups excluding carboxylic acids is 1. The molecule has 2 rings (SSSR count). The minimum atomic E-state index is -2.94. The van der Waals surface area contributed by atoms with E-state index >= 15 is 0 Å². The van der Waals surface area contributed by atoms with Gasteiger partial charge in [-0.2, -0.15) is 8.78 Å². The van der Waals surface area contributed by atoms with Crippen molar-refractivity contribution >= 4 is 11.9 Å². The Labute approximate surface area is 139 Å². The highest BCUT2D eigenvalue weighted by atomic mass is 19.3. The lowest BCUT2D eigenvalue weighted by Gasteiger charge is -2.36. The minimum absolute atomic E-state index is 0.0000505. The Morgan fingerprint density at radius 3 is 2.75 bits per heavy atom. The van der Waals surface area contributed by atoms with E-state index < -0.39 is 12.6 Å². The average Bonchev–Trinajstić information content (AvgIpc) is 2.54. The number of aliphatic carboxylic acids is 1. The second-order valence-corrected chi connectivity index (χ2v) is 5.83. The summed E-state index contributed by atoms with van der Waals surface area (Å²) in [6.07, 6.45) is 2.99. The summed E-state index contributed by atoms with van der Waals surface area (Å²) in [6.45, 7) is -2.37. The van der Waals surface area contributed by atoms with Crippen molar-refractivity contribution < 1.29 is 28.2 Å². The van der Waals surface area contributed by atoms with Crippen LogP contribution in [0.25, 0.3) is 0 Å². The number of nitrogens with zero attached hydrogens (tertiary/aromatic N) is 1. The first-order valence-corrected chi connectivity index (χ1v) is 8.01. The van der Waals surface area contributed by atoms with E-state index in [2.05, 4.69) is 4.74 Å². The molecule has 1 aliphatic heterocycles. The van der Waals surface area contributed by atoms with Crippen LogP contribution < -0.4 is 4.74 Å². The van der Waals surface area contributed by atoms with Crippen molar-refractivity contribution in [2.45, 2.75) is 51.2 Å². The van der Waals surface area contributed by atoms with Crippen LogP contribution in [0.2, 0.25) is 0 Å². The molecule has 1 aromatic carbocycles. The number of carbonyl (C=O) groups is 2. The van der Waals surface area contributed by atoms with Gasteiger partial charge in [0, 0.05) is 24.6 Å². The van der Waals surface area contributed by atoms with Crippen LogP contribution in [-0.4, -0.2) is 41.1 Å². The summed E-state index contributed by atoms with van der Waals surface area (Å²) in [5.74, 6) is -1.07. The van der Waals surface area contributed by atoms with Gasteiger partial charge in [0.1, 0.15) is 5.75 Å². The lowest BCUT2D eigenvalue weighted by atomic mass is 9.97. The average molecular weight is 341 g/mol. The number of carboxylic acid groups (broad SMARTS) is 1. The number of hydrogen-bond donors (Lipinski definition) is 1. The van der Waals surface area contributed by atoms with Gasteiger partial charge in [0.15, 0.2) is 0 Å². The maximum atomic E-state index is 12.6. The molecule has 0 saturated carbocycles. The number of amides is 1. The molecule has 1 unspecified atom stereocenters. The fraction of sp³-hybridized carbons (Fsp3) is 0.529. The summed E-state index contributed by atoms with van der Waals surface area (Å²) < 4.78 is 29.4. The van der Waals surface area contributed by atoms with Gasteiger partial charge in [-0.05, 0) is 31.7 Å². The molecular formula is C17H21F2NO4. The van der Waals surface area contributed by atoms with Gasteiger partial charge >= 0.3 is 12.6 Å². The van der Waals surface area contributed by atoms with Crippen LogP contribution >= 0.6 is 0 Å². The molecule has 1 heterocycles. The van der Waals surface area contributed by atoms with E-state index in [0.717, 1.165) is 19.3 Å². The van der Waals surface area contributed by atoms with Crippen molar-refractivity contribution in [3.63, 3.8) is 0 Å². The Balaban J connectivity index is 2.05. The van der Waals surface area contributed by atoms with E-state index in [1.807, 2.05) is 0 Å². The summed E-state index contributed by atoms with van der Waals surface area (Å²) in [6, 6.07) is 6.13. The Morgan fingerprint density at radius 2 is 2.04 bits per heavy atom. The van der Waals surface area contributed by atoms with Crippen LogP contribution in [0.4, 0.5) is 8.78 Å². The Hall–Kier alpha value is -2.18. The maximum absolute atomic E-state index is 12.6. The Kier molecular flexibility index (Phi) is 6.52. The Morgan fingerprint density at radius 1 is 1.29 bits per heavy atom. The third-order valence-electron chi connectivity index (χ3n) is 4.17. The standard InChI is InChI=1S/C17H21F2NO4/c18-17(19)24-14-7-2-1-5-12(14)11-15(21)20-10-4-3-6-13(20)8-9-16(22)23/h1-2,5,7,13,17H,3-4,6,8-11H2,(H,22,23). The second kappa shape index (κ2) is 8.61. The number of para-hydroxylation sites is 1. The maximum Gasteiger partial charge on any atom is 0.387 e. The molecule has 1 aromatic rings. The highest BCUT2D eigenvalue weighted by Gasteiger charge is 2.27. The minimum Gasteiger partial charge on any atom is -0.481 e. The van der Waals surface area contributed by atoms with Crippen LogP contribution in [0.5, 0.6) is 5.75 Å². The monoisotopic (exact) mass is 341 g/mol. The summed E-state index contributed by atoms with van der Waals surface area (Å²) in [5, 5.41) is 8.83. The molecular weight excluding hydrogens is 320 g/mol. The van der Waals surface area contributed by atoms with Gasteiger partial charge in [-0.1, -0.05) is 18.2 Å². The molecule has 0 radical (unpaired) electrons. The largest absolute Gasteiger partial charge is 0.481 e. The zero-order valence-electron chi connectivity index (χ0n) is 13.3. The first-order valence-electron chi connectivity index (χ1n) is 8.01. The molecule has 7 heteroatoms. The number of halogens is 2. The van der Waals surface area contributed by atoms with Crippen LogP contribution in [0.3, 0.4) is 0 Å². The fourth-order valence-electron chi connectivity index (χ4n) is 3.04. The number of alkyl halides is 2. The van der Waals surface area contributed by atoms with Crippen molar-refractivity contribution in [1.29, 1.82) is 0 Å². The molecule has 1 N–H and O–H groups in total. The van der Waals surface area contributed by atoms with Gasteiger partial charge < -0.3 is 14.7 Å². The topological polar surface area (TPSA) is 66.8 Å². The van der Waals surface area contributed by atoms with Crippen LogP contribution in [0.15, 0.2) is 24.3 Å². The third kappa shape index (κ3) is 5.18. The first kappa shape index (κ1) is 18.2. The molecule has 0 bridgehead atoms. The van der Waals surface area contributed by atoms with Gasteiger partial charge in [-0.3, -0.25) is 9.59 Å². The van der Waals surface area contributed by atoms with Crippen molar-refractivity contribution in [2.75, 3.05) is 6.54 Å². The lowest BCUT2D eigenvalue weighted by molar-refractivity contribution is -0.139. The number of likely N-dealkylation sites (tertiary alicyclic amines) is 1. The molecule has 0 spiro atoms. The molecule has 1 fully saturated rings. The number of hydrogen-bond acceptors (Lipinski definition) is 3. The molecule has 0 aromatic heterocycles. The van der Waals surface area contributed by atoms with E-state index in [4.69, 9.17) is 5.11 Å². The zero-order valence-corrected chi connectivity index (χ0v) is 13.3. The van der Waals surface area contributed by atoms with E-state index in [1.165, 1.54) is 6.07 Å². The van der Waals surface area contributed by atoms with Gasteiger partial charge in [-0.25, -0.2) is 0 Å². The predicted octanol–water partition coefficient (Wildman–Crippen LogP) is 3.08. The lowest BCUT2D eigenvalue weighted by Crippen LogP contribution is -2.44. The number of benzene rings is 1. The van der Waals surface area contributed by atoms with Crippen molar-refractivity contribution in [1.82, 2.24) is 4.90 Å². The van der Waals surface area contributed by atoms with E-state index in [0.29, 0.717) is 18.5 Å². The van der Waals surface area contributed by atoms with Crippen molar-refractivity contribution in [3.05, 3.63) is 29.8 Å². The Bertz CT molecular complexity index is 579. The number of piperidine rings is 1.